The Morgan fingerprint density at radius 2 is 2.00 bits per heavy atom. The minimum absolute atomic E-state index is 0.0414. The van der Waals surface area contributed by atoms with Crippen molar-refractivity contribution in [2.75, 3.05) is 12.3 Å². The minimum Gasteiger partial charge on any atom is -0.480 e. The van der Waals surface area contributed by atoms with Crippen LogP contribution in [0.1, 0.15) is 6.42 Å². The van der Waals surface area contributed by atoms with Gasteiger partial charge in [-0.25, -0.2) is 9.18 Å². The number of carboxylic acids is 1. The second-order valence-corrected chi connectivity index (χ2v) is 5.58. The number of nitrogens with zero attached hydrogens (tertiary/aromatic N) is 1. The minimum atomic E-state index is -1.11. The lowest BCUT2D eigenvalue weighted by Gasteiger charge is -2.20. The van der Waals surface area contributed by atoms with E-state index in [4.69, 9.17) is 5.11 Å². The molecular weight excluding hydrogens is 285 g/mol. The molecule has 1 aliphatic heterocycles. The van der Waals surface area contributed by atoms with Gasteiger partial charge in [0.1, 0.15) is 11.9 Å². The number of aliphatic carboxylic acids is 1. The summed E-state index contributed by atoms with van der Waals surface area (Å²) >= 11 is 1.21. The van der Waals surface area contributed by atoms with Gasteiger partial charge in [-0.1, -0.05) is 0 Å². The lowest BCUT2D eigenvalue weighted by atomic mass is 10.2. The van der Waals surface area contributed by atoms with Gasteiger partial charge < -0.3 is 15.1 Å². The van der Waals surface area contributed by atoms with E-state index in [9.17, 15) is 19.1 Å². The molecule has 108 valence electrons. The molecule has 1 fully saturated rings. The zero-order valence-electron chi connectivity index (χ0n) is 10.5. The molecule has 0 radical (unpaired) electrons. The normalized spacial score (nSPS) is 22.0. The largest absolute Gasteiger partial charge is 0.480 e. The fraction of sp³-hybridized carbons (Fsp3) is 0.385. The Bertz CT molecular complexity index is 508. The highest BCUT2D eigenvalue weighted by molar-refractivity contribution is 8.00. The first kappa shape index (κ1) is 14.8. The fourth-order valence-corrected chi connectivity index (χ4v) is 2.87. The Kier molecular flexibility index (Phi) is 4.61. The van der Waals surface area contributed by atoms with Crippen LogP contribution in [0.3, 0.4) is 0 Å². The molecule has 1 saturated heterocycles. The summed E-state index contributed by atoms with van der Waals surface area (Å²) in [6.45, 7) is 0.0414. The standard InChI is InChI=1S/C13H14FNO4S/c14-8-1-3-10(4-2-8)20-7-12(17)15-6-9(16)5-11(15)13(18)19/h1-4,9,11,16H,5-7H2,(H,18,19)/t9-,11+/m1/s1. The molecule has 0 spiro atoms. The number of likely N-dealkylation sites (tertiary alicyclic amines) is 1. The molecule has 1 aromatic carbocycles. The Morgan fingerprint density at radius 3 is 2.60 bits per heavy atom. The molecule has 2 rings (SSSR count). The van der Waals surface area contributed by atoms with Crippen LogP contribution in [0, 0.1) is 5.82 Å². The monoisotopic (exact) mass is 299 g/mol. The lowest BCUT2D eigenvalue weighted by molar-refractivity contribution is -0.147. The molecule has 0 aliphatic carbocycles. The quantitative estimate of drug-likeness (QED) is 0.810. The molecule has 7 heteroatoms. The third-order valence-electron chi connectivity index (χ3n) is 3.06. The van der Waals surface area contributed by atoms with Crippen LogP contribution in [0.2, 0.25) is 0 Å². The predicted octanol–water partition coefficient (Wildman–Crippen LogP) is 0.964. The Balaban J connectivity index is 1.94. The number of carboxylic acid groups (broad SMARTS) is 1. The van der Waals surface area contributed by atoms with E-state index in [1.165, 1.54) is 28.8 Å². The number of hydrogen-bond donors (Lipinski definition) is 2. The van der Waals surface area contributed by atoms with Gasteiger partial charge in [0, 0.05) is 17.9 Å². The van der Waals surface area contributed by atoms with E-state index >= 15 is 0 Å². The predicted molar refractivity (Wildman–Crippen MR) is 70.9 cm³/mol. The number of carbonyl (C=O) groups is 2. The summed E-state index contributed by atoms with van der Waals surface area (Å²) in [7, 11) is 0. The summed E-state index contributed by atoms with van der Waals surface area (Å²) in [5.74, 6) is -1.75. The molecular formula is C13H14FNO4S. The molecule has 1 amide bonds. The molecule has 5 nitrogen and oxygen atoms in total. The van der Waals surface area contributed by atoms with Crippen molar-refractivity contribution >= 4 is 23.6 Å². The van der Waals surface area contributed by atoms with Gasteiger partial charge in [-0.3, -0.25) is 4.79 Å². The number of aliphatic hydroxyl groups is 1. The number of hydrogen-bond acceptors (Lipinski definition) is 4. The molecule has 2 N–H and O–H groups in total. The van der Waals surface area contributed by atoms with E-state index in [0.29, 0.717) is 0 Å². The fourth-order valence-electron chi connectivity index (χ4n) is 2.08. The Labute approximate surface area is 119 Å². The number of aliphatic hydroxyl groups excluding tert-OH is 1. The average molecular weight is 299 g/mol. The zero-order chi connectivity index (χ0) is 14.7. The van der Waals surface area contributed by atoms with Gasteiger partial charge in [-0.2, -0.15) is 0 Å². The van der Waals surface area contributed by atoms with E-state index in [0.717, 1.165) is 4.90 Å². The van der Waals surface area contributed by atoms with E-state index in [1.54, 1.807) is 12.1 Å². The van der Waals surface area contributed by atoms with Crippen molar-refractivity contribution < 1.29 is 24.2 Å². The van der Waals surface area contributed by atoms with Crippen molar-refractivity contribution in [3.8, 4) is 0 Å². The molecule has 0 saturated carbocycles. The van der Waals surface area contributed by atoms with Gasteiger partial charge >= 0.3 is 5.97 Å². The van der Waals surface area contributed by atoms with E-state index in [-0.39, 0.29) is 30.4 Å². The number of amides is 1. The third kappa shape index (κ3) is 3.49. The van der Waals surface area contributed by atoms with Crippen LogP contribution in [0.25, 0.3) is 0 Å². The molecule has 1 aliphatic rings. The molecule has 2 atom stereocenters. The lowest BCUT2D eigenvalue weighted by Crippen LogP contribution is -2.41. The maximum atomic E-state index is 12.7. The average Bonchev–Trinajstić information content (AvgIpc) is 2.80. The van der Waals surface area contributed by atoms with Crippen molar-refractivity contribution in [2.24, 2.45) is 0 Å². The van der Waals surface area contributed by atoms with Crippen LogP contribution in [0.5, 0.6) is 0 Å². The van der Waals surface area contributed by atoms with Crippen LogP contribution in [-0.4, -0.2) is 51.4 Å². The summed E-state index contributed by atoms with van der Waals surface area (Å²) in [5.41, 5.74) is 0. The van der Waals surface area contributed by atoms with Gasteiger partial charge in [0.2, 0.25) is 5.91 Å². The van der Waals surface area contributed by atoms with Crippen LogP contribution in [0.15, 0.2) is 29.2 Å². The molecule has 1 heterocycles. The number of β-amino-alcohol motifs (C(OH)–C–C–N with tert-alkyl or cyclic N) is 1. The molecule has 0 aromatic heterocycles. The summed E-state index contributed by atoms with van der Waals surface area (Å²) in [6, 6.07) is 4.74. The first-order chi connectivity index (χ1) is 9.47. The van der Waals surface area contributed by atoms with Gasteiger partial charge in [0.05, 0.1) is 11.9 Å². The van der Waals surface area contributed by atoms with Crippen LogP contribution in [0.4, 0.5) is 4.39 Å². The summed E-state index contributed by atoms with van der Waals surface area (Å²) in [4.78, 5) is 24.9. The maximum Gasteiger partial charge on any atom is 0.326 e. The second-order valence-electron chi connectivity index (χ2n) is 4.53. The Hall–Kier alpha value is -1.60. The zero-order valence-corrected chi connectivity index (χ0v) is 11.3. The van der Waals surface area contributed by atoms with Crippen molar-refractivity contribution in [2.45, 2.75) is 23.5 Å². The maximum absolute atomic E-state index is 12.7. The van der Waals surface area contributed by atoms with Crippen molar-refractivity contribution in [1.29, 1.82) is 0 Å². The first-order valence-electron chi connectivity index (χ1n) is 6.06. The van der Waals surface area contributed by atoms with E-state index in [2.05, 4.69) is 0 Å². The Morgan fingerprint density at radius 1 is 1.35 bits per heavy atom. The number of carbonyl (C=O) groups excluding carboxylic acids is 1. The number of halogens is 1. The van der Waals surface area contributed by atoms with Crippen LogP contribution in [-0.2, 0) is 9.59 Å². The van der Waals surface area contributed by atoms with E-state index < -0.39 is 18.1 Å². The number of benzene rings is 1. The molecule has 0 unspecified atom stereocenters. The van der Waals surface area contributed by atoms with Crippen molar-refractivity contribution in [3.63, 3.8) is 0 Å². The molecule has 0 bridgehead atoms. The number of rotatable bonds is 4. The van der Waals surface area contributed by atoms with Crippen LogP contribution < -0.4 is 0 Å². The topological polar surface area (TPSA) is 77.8 Å². The van der Waals surface area contributed by atoms with Gasteiger partial charge in [-0.15, -0.1) is 11.8 Å². The van der Waals surface area contributed by atoms with Crippen molar-refractivity contribution in [1.82, 2.24) is 4.90 Å². The van der Waals surface area contributed by atoms with Gasteiger partial charge in [0.25, 0.3) is 0 Å². The highest BCUT2D eigenvalue weighted by Gasteiger charge is 2.38. The van der Waals surface area contributed by atoms with Crippen LogP contribution >= 0.6 is 11.8 Å². The highest BCUT2D eigenvalue weighted by atomic mass is 32.2. The number of thioether (sulfide) groups is 1. The summed E-state index contributed by atoms with van der Waals surface area (Å²) in [6.07, 6.45) is -0.738. The van der Waals surface area contributed by atoms with Gasteiger partial charge in [0.15, 0.2) is 0 Å². The summed E-state index contributed by atoms with van der Waals surface area (Å²) in [5, 5.41) is 18.5. The van der Waals surface area contributed by atoms with Gasteiger partial charge in [-0.05, 0) is 24.3 Å². The third-order valence-corrected chi connectivity index (χ3v) is 4.06. The molecule has 20 heavy (non-hydrogen) atoms. The summed E-state index contributed by atoms with van der Waals surface area (Å²) < 4.78 is 12.7. The highest BCUT2D eigenvalue weighted by Crippen LogP contribution is 2.23. The van der Waals surface area contributed by atoms with E-state index in [1.807, 2.05) is 0 Å². The SMILES string of the molecule is O=C(O)[C@@H]1C[C@@H](O)CN1C(=O)CSc1ccc(F)cc1. The van der Waals surface area contributed by atoms with Crippen molar-refractivity contribution in [3.05, 3.63) is 30.1 Å². The first-order valence-corrected chi connectivity index (χ1v) is 7.04. The molecule has 1 aromatic rings. The smallest absolute Gasteiger partial charge is 0.326 e. The second kappa shape index (κ2) is 6.23.